The van der Waals surface area contributed by atoms with E-state index in [-0.39, 0.29) is 45.2 Å². The summed E-state index contributed by atoms with van der Waals surface area (Å²) in [5.41, 5.74) is -0.274. The Bertz CT molecular complexity index is 1470. The number of fused-ring (bicyclic) bond motifs is 6. The van der Waals surface area contributed by atoms with Crippen LogP contribution in [0.1, 0.15) is 21.5 Å². The molecule has 0 aromatic heterocycles. The number of ether oxygens (including phenoxy) is 2. The molecule has 1 N–H and O–H groups in total. The highest BCUT2D eigenvalue weighted by Gasteiger charge is 2.28. The fourth-order valence-electron chi connectivity index (χ4n) is 3.39. The van der Waals surface area contributed by atoms with Gasteiger partial charge in [-0.1, -0.05) is 17.7 Å². The number of hydrogen-bond donors (Lipinski definition) is 1. The fraction of sp³-hybridized carbons (Fsp3) is 0.0909. The van der Waals surface area contributed by atoms with Crippen LogP contribution in [-0.4, -0.2) is 21.5 Å². The zero-order valence-corrected chi connectivity index (χ0v) is 18.4. The van der Waals surface area contributed by atoms with Crippen LogP contribution in [0.15, 0.2) is 47.4 Å². The maximum atomic E-state index is 14.7. The minimum absolute atomic E-state index is 0.166. The van der Waals surface area contributed by atoms with E-state index < -0.39 is 38.2 Å². The summed E-state index contributed by atoms with van der Waals surface area (Å²) in [5.74, 6) is -3.36. The standard InChI is InChI=1S/C22H13ClF2N2O5S/c1-31-21-16(23)5-12-6-20(21)33(29,30)27-19-7-15(17(24)8-18(19)25)14-3-2-11(9-26)4-13(14)10-32-22(12)28/h2-8,27H,10H2,1H3. The molecule has 0 spiro atoms. The Morgan fingerprint density at radius 3 is 2.58 bits per heavy atom. The monoisotopic (exact) mass is 490 g/mol. The molecule has 0 amide bonds. The summed E-state index contributed by atoms with van der Waals surface area (Å²) in [5, 5.41) is 9.01. The van der Waals surface area contributed by atoms with Crippen molar-refractivity contribution in [1.82, 2.24) is 0 Å². The largest absolute Gasteiger partial charge is 0.494 e. The predicted octanol–water partition coefficient (Wildman–Crippen LogP) is 4.64. The first kappa shape index (κ1) is 22.5. The lowest BCUT2D eigenvalue weighted by Crippen LogP contribution is -2.16. The van der Waals surface area contributed by atoms with Crippen LogP contribution in [0.5, 0.6) is 5.75 Å². The maximum absolute atomic E-state index is 14.7. The number of hydrogen-bond acceptors (Lipinski definition) is 6. The van der Waals surface area contributed by atoms with Crippen LogP contribution in [0.3, 0.4) is 0 Å². The van der Waals surface area contributed by atoms with Crippen molar-refractivity contribution in [2.45, 2.75) is 11.5 Å². The van der Waals surface area contributed by atoms with E-state index in [9.17, 15) is 27.3 Å². The lowest BCUT2D eigenvalue weighted by Gasteiger charge is -2.15. The molecule has 11 heteroatoms. The van der Waals surface area contributed by atoms with Gasteiger partial charge in [0.2, 0.25) is 0 Å². The van der Waals surface area contributed by atoms with Gasteiger partial charge < -0.3 is 9.47 Å². The van der Waals surface area contributed by atoms with E-state index >= 15 is 0 Å². The summed E-state index contributed by atoms with van der Waals surface area (Å²) >= 11 is 6.12. The van der Waals surface area contributed by atoms with E-state index in [1.54, 1.807) is 0 Å². The second kappa shape index (κ2) is 8.35. The summed E-state index contributed by atoms with van der Waals surface area (Å²) in [6.45, 7) is -0.380. The zero-order chi connectivity index (χ0) is 23.9. The molecule has 1 aliphatic rings. The van der Waals surface area contributed by atoms with Crippen molar-refractivity contribution in [3.63, 3.8) is 0 Å². The number of nitrogens with one attached hydrogen (secondary N) is 1. The van der Waals surface area contributed by atoms with Crippen molar-refractivity contribution in [2.24, 2.45) is 0 Å². The van der Waals surface area contributed by atoms with Gasteiger partial charge in [0.25, 0.3) is 10.0 Å². The number of anilines is 1. The van der Waals surface area contributed by atoms with Crippen LogP contribution in [0.4, 0.5) is 14.5 Å². The van der Waals surface area contributed by atoms with Crippen LogP contribution < -0.4 is 9.46 Å². The molecule has 33 heavy (non-hydrogen) atoms. The van der Waals surface area contributed by atoms with Gasteiger partial charge in [-0.15, -0.1) is 0 Å². The number of carbonyl (C=O) groups is 1. The van der Waals surface area contributed by atoms with Gasteiger partial charge in [-0.3, -0.25) is 4.72 Å². The topological polar surface area (TPSA) is 105 Å². The van der Waals surface area contributed by atoms with E-state index in [0.717, 1.165) is 18.2 Å². The number of carbonyl (C=O) groups excluding carboxylic acids is 1. The molecule has 3 aromatic rings. The highest BCUT2D eigenvalue weighted by Crippen LogP contribution is 2.37. The molecule has 4 bridgehead atoms. The van der Waals surface area contributed by atoms with Crippen LogP contribution in [0, 0.1) is 23.0 Å². The maximum Gasteiger partial charge on any atom is 0.338 e. The van der Waals surface area contributed by atoms with Gasteiger partial charge in [-0.05, 0) is 41.5 Å². The Hall–Kier alpha value is -3.68. The van der Waals surface area contributed by atoms with Gasteiger partial charge in [-0.2, -0.15) is 5.26 Å². The Labute approximate surface area is 192 Å². The summed E-state index contributed by atoms with van der Waals surface area (Å²) in [6, 6.07) is 9.77. The third-order valence-corrected chi connectivity index (χ3v) is 6.57. The second-order valence-electron chi connectivity index (χ2n) is 6.97. The summed E-state index contributed by atoms with van der Waals surface area (Å²) < 4.78 is 67.9. The molecule has 0 atom stereocenters. The van der Waals surface area contributed by atoms with Crippen molar-refractivity contribution in [3.8, 4) is 22.9 Å². The minimum Gasteiger partial charge on any atom is -0.494 e. The summed E-state index contributed by atoms with van der Waals surface area (Å²) in [6.07, 6.45) is 0. The normalized spacial score (nSPS) is 14.3. The van der Waals surface area contributed by atoms with Crippen molar-refractivity contribution in [1.29, 1.82) is 5.26 Å². The summed E-state index contributed by atoms with van der Waals surface area (Å²) in [7, 11) is -3.37. The smallest absolute Gasteiger partial charge is 0.338 e. The molecule has 0 saturated heterocycles. The van der Waals surface area contributed by atoms with Gasteiger partial charge in [0.15, 0.2) is 5.75 Å². The van der Waals surface area contributed by atoms with Gasteiger partial charge in [0, 0.05) is 11.6 Å². The average molecular weight is 491 g/mol. The Kier molecular flexibility index (Phi) is 5.69. The van der Waals surface area contributed by atoms with Gasteiger partial charge in [0.05, 0.1) is 35.0 Å². The number of rotatable bonds is 1. The van der Waals surface area contributed by atoms with E-state index in [1.807, 2.05) is 6.07 Å². The number of methoxy groups -OCH3 is 1. The van der Waals surface area contributed by atoms with Crippen LogP contribution in [-0.2, 0) is 21.4 Å². The number of esters is 1. The molecule has 0 fully saturated rings. The van der Waals surface area contributed by atoms with E-state index in [4.69, 9.17) is 21.1 Å². The van der Waals surface area contributed by atoms with Crippen LogP contribution in [0.2, 0.25) is 5.02 Å². The molecule has 168 valence electrons. The van der Waals surface area contributed by atoms with E-state index in [0.29, 0.717) is 6.07 Å². The molecule has 0 aliphatic carbocycles. The minimum atomic E-state index is -4.54. The predicted molar refractivity (Wildman–Crippen MR) is 114 cm³/mol. The molecule has 1 heterocycles. The molecular weight excluding hydrogens is 478 g/mol. The number of sulfonamides is 1. The fourth-order valence-corrected chi connectivity index (χ4v) is 5.02. The first-order chi connectivity index (χ1) is 15.6. The lowest BCUT2D eigenvalue weighted by atomic mass is 9.97. The molecule has 0 unspecified atom stereocenters. The van der Waals surface area contributed by atoms with Crippen molar-refractivity contribution in [3.05, 3.63) is 75.8 Å². The average Bonchev–Trinajstić information content (AvgIpc) is 2.78. The number of nitrogens with zero attached hydrogens (tertiary/aromatic N) is 1. The van der Waals surface area contributed by atoms with Crippen LogP contribution >= 0.6 is 11.6 Å². The van der Waals surface area contributed by atoms with Crippen LogP contribution in [0.25, 0.3) is 11.1 Å². The number of halogens is 3. The number of cyclic esters (lactones) is 1. The van der Waals surface area contributed by atoms with Crippen molar-refractivity contribution >= 4 is 33.3 Å². The van der Waals surface area contributed by atoms with Crippen molar-refractivity contribution < 1.29 is 31.5 Å². The quantitative estimate of drug-likeness (QED) is 0.498. The third kappa shape index (κ3) is 4.08. The van der Waals surface area contributed by atoms with Gasteiger partial charge >= 0.3 is 5.97 Å². The van der Waals surface area contributed by atoms with E-state index in [1.165, 1.54) is 25.3 Å². The highest BCUT2D eigenvalue weighted by atomic mass is 35.5. The highest BCUT2D eigenvalue weighted by molar-refractivity contribution is 7.92. The Morgan fingerprint density at radius 1 is 1.12 bits per heavy atom. The second-order valence-corrected chi connectivity index (χ2v) is 9.02. The molecule has 0 radical (unpaired) electrons. The molecule has 4 rings (SSSR count). The molecular formula is C22H13ClF2N2O5S. The van der Waals surface area contributed by atoms with Gasteiger partial charge in [-0.25, -0.2) is 22.0 Å². The number of benzene rings is 3. The molecule has 1 aliphatic heterocycles. The molecule has 3 aromatic carbocycles. The Morgan fingerprint density at radius 2 is 1.88 bits per heavy atom. The first-order valence-corrected chi connectivity index (χ1v) is 11.1. The Balaban J connectivity index is 2.03. The first-order valence-electron chi connectivity index (χ1n) is 9.24. The van der Waals surface area contributed by atoms with E-state index in [2.05, 4.69) is 4.72 Å². The van der Waals surface area contributed by atoms with Gasteiger partial charge in [0.1, 0.15) is 23.1 Å². The summed E-state index contributed by atoms with van der Waals surface area (Å²) in [4.78, 5) is 12.1. The molecule has 0 saturated carbocycles. The zero-order valence-electron chi connectivity index (χ0n) is 16.8. The third-order valence-electron chi connectivity index (χ3n) is 4.92. The SMILES string of the molecule is COc1c(Cl)cc2cc1S(=O)(=O)Nc1cc(c(F)cc1F)-c1ccc(C#N)cc1COC2=O. The van der Waals surface area contributed by atoms with Crippen molar-refractivity contribution in [2.75, 3.05) is 11.8 Å². The number of nitriles is 1. The lowest BCUT2D eigenvalue weighted by molar-refractivity contribution is 0.0473. The molecule has 7 nitrogen and oxygen atoms in total.